The monoisotopic (exact) mass is 295 g/mol. The van der Waals surface area contributed by atoms with Gasteiger partial charge in [0.05, 0.1) is 5.01 Å². The van der Waals surface area contributed by atoms with Crippen molar-refractivity contribution in [3.05, 3.63) is 16.6 Å². The van der Waals surface area contributed by atoms with Crippen molar-refractivity contribution >= 4 is 23.2 Å². The molecule has 0 saturated carbocycles. The Kier molecular flexibility index (Phi) is 4.42. The third-order valence-electron chi connectivity index (χ3n) is 3.59. The Morgan fingerprint density at radius 2 is 2.10 bits per heavy atom. The molecule has 1 aromatic rings. The van der Waals surface area contributed by atoms with Gasteiger partial charge in [0, 0.05) is 24.0 Å². The van der Waals surface area contributed by atoms with Crippen LogP contribution in [0.2, 0.25) is 0 Å². The lowest BCUT2D eigenvalue weighted by atomic mass is 9.96. The molecule has 1 aromatic heterocycles. The fourth-order valence-corrected chi connectivity index (χ4v) is 3.29. The minimum Gasteiger partial charge on any atom is -0.343 e. The van der Waals surface area contributed by atoms with Gasteiger partial charge in [0.25, 0.3) is 0 Å². The van der Waals surface area contributed by atoms with Gasteiger partial charge < -0.3 is 10.2 Å². The SMILES string of the molecule is CC1NC(=O)C(C(C)C)N(CC(C)c2nccs2)C1=O. The van der Waals surface area contributed by atoms with Crippen molar-refractivity contribution in [2.75, 3.05) is 6.54 Å². The molecule has 6 heteroatoms. The van der Waals surface area contributed by atoms with E-state index in [2.05, 4.69) is 10.3 Å². The third kappa shape index (κ3) is 2.85. The lowest BCUT2D eigenvalue weighted by molar-refractivity contribution is -0.150. The van der Waals surface area contributed by atoms with Crippen molar-refractivity contribution in [1.29, 1.82) is 0 Å². The Bertz CT molecular complexity index is 487. The van der Waals surface area contributed by atoms with Crippen molar-refractivity contribution in [1.82, 2.24) is 15.2 Å². The molecule has 2 amide bonds. The van der Waals surface area contributed by atoms with E-state index in [0.29, 0.717) is 6.54 Å². The van der Waals surface area contributed by atoms with E-state index in [1.54, 1.807) is 29.4 Å². The van der Waals surface area contributed by atoms with E-state index in [0.717, 1.165) is 5.01 Å². The highest BCUT2D eigenvalue weighted by atomic mass is 32.1. The molecule has 1 aliphatic heterocycles. The maximum Gasteiger partial charge on any atom is 0.245 e. The Morgan fingerprint density at radius 1 is 1.40 bits per heavy atom. The number of amides is 2. The lowest BCUT2D eigenvalue weighted by Gasteiger charge is -2.40. The van der Waals surface area contributed by atoms with Crippen LogP contribution in [0.5, 0.6) is 0 Å². The summed E-state index contributed by atoms with van der Waals surface area (Å²) in [5, 5.41) is 5.68. The lowest BCUT2D eigenvalue weighted by Crippen LogP contribution is -2.64. The zero-order valence-electron chi connectivity index (χ0n) is 12.3. The molecule has 0 spiro atoms. The molecule has 0 bridgehead atoms. The van der Waals surface area contributed by atoms with E-state index in [9.17, 15) is 9.59 Å². The van der Waals surface area contributed by atoms with Crippen LogP contribution >= 0.6 is 11.3 Å². The van der Waals surface area contributed by atoms with Gasteiger partial charge in [0.2, 0.25) is 11.8 Å². The number of thiazole rings is 1. The summed E-state index contributed by atoms with van der Waals surface area (Å²) >= 11 is 1.58. The smallest absolute Gasteiger partial charge is 0.245 e. The second-order valence-electron chi connectivity index (χ2n) is 5.68. The molecule has 1 fully saturated rings. The van der Waals surface area contributed by atoms with Crippen molar-refractivity contribution in [3.63, 3.8) is 0 Å². The Labute approximate surface area is 123 Å². The molecule has 0 aliphatic carbocycles. The van der Waals surface area contributed by atoms with Gasteiger partial charge in [0.15, 0.2) is 0 Å². The number of nitrogens with zero attached hydrogens (tertiary/aromatic N) is 2. The second-order valence-corrected chi connectivity index (χ2v) is 6.61. The summed E-state index contributed by atoms with van der Waals surface area (Å²) in [6.45, 7) is 8.24. The first-order valence-electron chi connectivity index (χ1n) is 6.92. The number of aromatic nitrogens is 1. The second kappa shape index (κ2) is 5.91. The molecule has 110 valence electrons. The van der Waals surface area contributed by atoms with Crippen LogP contribution in [-0.2, 0) is 9.59 Å². The first-order valence-corrected chi connectivity index (χ1v) is 7.80. The zero-order valence-corrected chi connectivity index (χ0v) is 13.1. The quantitative estimate of drug-likeness (QED) is 0.918. The summed E-state index contributed by atoms with van der Waals surface area (Å²) in [5.74, 6) is 0.165. The highest BCUT2D eigenvalue weighted by Crippen LogP contribution is 2.24. The van der Waals surface area contributed by atoms with Crippen LogP contribution in [-0.4, -0.2) is 40.3 Å². The highest BCUT2D eigenvalue weighted by molar-refractivity contribution is 7.09. The standard InChI is InChI=1S/C14H21N3O2S/c1-8(2)11-12(18)16-10(4)14(19)17(11)7-9(3)13-15-5-6-20-13/h5-6,8-11H,7H2,1-4H3,(H,16,18). The third-order valence-corrected chi connectivity index (χ3v) is 4.60. The van der Waals surface area contributed by atoms with Crippen LogP contribution in [0.1, 0.15) is 38.6 Å². The molecular weight excluding hydrogens is 274 g/mol. The Balaban J connectivity index is 2.20. The van der Waals surface area contributed by atoms with E-state index in [1.165, 1.54) is 0 Å². The van der Waals surface area contributed by atoms with Gasteiger partial charge >= 0.3 is 0 Å². The normalized spacial score (nSPS) is 24.9. The first kappa shape index (κ1) is 15.0. The number of carbonyl (C=O) groups is 2. The van der Waals surface area contributed by atoms with Gasteiger partial charge in [-0.05, 0) is 12.8 Å². The number of hydrogen-bond acceptors (Lipinski definition) is 4. The van der Waals surface area contributed by atoms with E-state index < -0.39 is 6.04 Å². The number of hydrogen-bond donors (Lipinski definition) is 1. The van der Waals surface area contributed by atoms with Crippen LogP contribution in [0.25, 0.3) is 0 Å². The predicted molar refractivity (Wildman–Crippen MR) is 78.5 cm³/mol. The molecule has 3 unspecified atom stereocenters. The summed E-state index contributed by atoms with van der Waals surface area (Å²) in [5.41, 5.74) is 0. The van der Waals surface area contributed by atoms with Gasteiger partial charge in [0.1, 0.15) is 12.1 Å². The molecule has 3 atom stereocenters. The number of piperazine rings is 1. The zero-order chi connectivity index (χ0) is 14.9. The van der Waals surface area contributed by atoms with Gasteiger partial charge in [-0.1, -0.05) is 20.8 Å². The molecular formula is C14H21N3O2S. The van der Waals surface area contributed by atoms with Crippen LogP contribution in [0.3, 0.4) is 0 Å². The Hall–Kier alpha value is -1.43. The summed E-state index contributed by atoms with van der Waals surface area (Å²) in [7, 11) is 0. The maximum absolute atomic E-state index is 12.4. The fourth-order valence-electron chi connectivity index (χ4n) is 2.61. The van der Waals surface area contributed by atoms with Crippen LogP contribution in [0, 0.1) is 5.92 Å². The van der Waals surface area contributed by atoms with E-state index in [-0.39, 0.29) is 29.7 Å². The molecule has 1 aliphatic rings. The van der Waals surface area contributed by atoms with Gasteiger partial charge in [-0.25, -0.2) is 4.98 Å². The number of carbonyl (C=O) groups excluding carboxylic acids is 2. The molecule has 1 saturated heterocycles. The number of nitrogens with one attached hydrogen (secondary N) is 1. The van der Waals surface area contributed by atoms with Crippen molar-refractivity contribution in [3.8, 4) is 0 Å². The summed E-state index contributed by atoms with van der Waals surface area (Å²) in [6.07, 6.45) is 1.77. The topological polar surface area (TPSA) is 62.3 Å². The van der Waals surface area contributed by atoms with Gasteiger partial charge in [-0.15, -0.1) is 11.3 Å². The molecule has 2 rings (SSSR count). The highest BCUT2D eigenvalue weighted by Gasteiger charge is 2.40. The van der Waals surface area contributed by atoms with E-state index in [1.807, 2.05) is 26.2 Å². The number of rotatable bonds is 4. The summed E-state index contributed by atoms with van der Waals surface area (Å²) in [6, 6.07) is -0.831. The molecule has 1 N–H and O–H groups in total. The molecule has 0 radical (unpaired) electrons. The molecule has 20 heavy (non-hydrogen) atoms. The van der Waals surface area contributed by atoms with Gasteiger partial charge in [-0.3, -0.25) is 9.59 Å². The largest absolute Gasteiger partial charge is 0.343 e. The predicted octanol–water partition coefficient (Wildman–Crippen LogP) is 1.62. The minimum atomic E-state index is -0.444. The van der Waals surface area contributed by atoms with Crippen LogP contribution in [0.15, 0.2) is 11.6 Å². The van der Waals surface area contributed by atoms with Gasteiger partial charge in [-0.2, -0.15) is 0 Å². The molecule has 5 nitrogen and oxygen atoms in total. The van der Waals surface area contributed by atoms with Crippen LogP contribution < -0.4 is 5.32 Å². The summed E-state index contributed by atoms with van der Waals surface area (Å²) < 4.78 is 0. The molecule has 2 heterocycles. The average Bonchev–Trinajstić information content (AvgIpc) is 2.88. The van der Waals surface area contributed by atoms with E-state index >= 15 is 0 Å². The summed E-state index contributed by atoms with van der Waals surface area (Å²) in [4.78, 5) is 30.6. The van der Waals surface area contributed by atoms with Crippen molar-refractivity contribution in [2.45, 2.75) is 45.7 Å². The maximum atomic E-state index is 12.4. The fraction of sp³-hybridized carbons (Fsp3) is 0.643. The first-order chi connectivity index (χ1) is 9.41. The van der Waals surface area contributed by atoms with Crippen molar-refractivity contribution in [2.24, 2.45) is 5.92 Å². The molecule has 0 aromatic carbocycles. The average molecular weight is 295 g/mol. The Morgan fingerprint density at radius 3 is 2.65 bits per heavy atom. The minimum absolute atomic E-state index is 0.00768. The van der Waals surface area contributed by atoms with Crippen LogP contribution in [0.4, 0.5) is 0 Å². The van der Waals surface area contributed by atoms with E-state index in [4.69, 9.17) is 0 Å². The van der Waals surface area contributed by atoms with Crippen molar-refractivity contribution < 1.29 is 9.59 Å².